The number of rotatable bonds is 3. The van der Waals surface area contributed by atoms with Gasteiger partial charge in [-0.3, -0.25) is 0 Å². The number of carbonyl (C=O) groups is 1. The van der Waals surface area contributed by atoms with Gasteiger partial charge in [-0.05, 0) is 35.9 Å². The van der Waals surface area contributed by atoms with Crippen LogP contribution in [0.25, 0.3) is 0 Å². The molecule has 1 aliphatic rings. The lowest BCUT2D eigenvalue weighted by Crippen LogP contribution is -2.28. The van der Waals surface area contributed by atoms with E-state index in [-0.39, 0.29) is 10.7 Å². The van der Waals surface area contributed by atoms with Crippen molar-refractivity contribution in [1.82, 2.24) is 5.01 Å². The minimum Gasteiger partial charge on any atom is -0.404 e. The second-order valence-electron chi connectivity index (χ2n) is 5.55. The first-order valence-corrected chi connectivity index (χ1v) is 8.44. The number of hydrogen-bond acceptors (Lipinski definition) is 3. The SMILES string of the molecule is O=C(Nc1ccc(OC(F)(F)F)c(Cl)c1)N1CCC(c2ccc(Cl)cc2)=N1. The second kappa shape index (κ2) is 7.66. The van der Waals surface area contributed by atoms with Crippen molar-refractivity contribution in [3.05, 3.63) is 58.1 Å². The predicted molar refractivity (Wildman–Crippen MR) is 96.5 cm³/mol. The maximum absolute atomic E-state index is 12.3. The van der Waals surface area contributed by atoms with Gasteiger partial charge in [0.15, 0.2) is 0 Å². The molecule has 2 amide bonds. The van der Waals surface area contributed by atoms with Crippen LogP contribution in [-0.2, 0) is 0 Å². The van der Waals surface area contributed by atoms with Crippen LogP contribution in [0.5, 0.6) is 5.75 Å². The molecule has 0 radical (unpaired) electrons. The van der Waals surface area contributed by atoms with E-state index in [9.17, 15) is 18.0 Å². The molecule has 27 heavy (non-hydrogen) atoms. The van der Waals surface area contributed by atoms with Crippen LogP contribution in [0.3, 0.4) is 0 Å². The van der Waals surface area contributed by atoms with E-state index in [0.29, 0.717) is 18.0 Å². The Morgan fingerprint density at radius 2 is 1.85 bits per heavy atom. The molecule has 2 aromatic carbocycles. The summed E-state index contributed by atoms with van der Waals surface area (Å²) >= 11 is 11.6. The third-order valence-corrected chi connectivity index (χ3v) is 4.17. The van der Waals surface area contributed by atoms with Gasteiger partial charge in [-0.25, -0.2) is 9.80 Å². The van der Waals surface area contributed by atoms with Crippen molar-refractivity contribution in [2.45, 2.75) is 12.8 Å². The Kier molecular flexibility index (Phi) is 5.48. The van der Waals surface area contributed by atoms with Crippen LogP contribution >= 0.6 is 23.2 Å². The van der Waals surface area contributed by atoms with Gasteiger partial charge in [0.1, 0.15) is 5.75 Å². The molecule has 1 N–H and O–H groups in total. The van der Waals surface area contributed by atoms with Gasteiger partial charge in [0.2, 0.25) is 0 Å². The average Bonchev–Trinajstić information content (AvgIpc) is 3.07. The summed E-state index contributed by atoms with van der Waals surface area (Å²) in [5.74, 6) is -0.550. The number of ether oxygens (including phenoxy) is 1. The Hall–Kier alpha value is -2.45. The number of anilines is 1. The summed E-state index contributed by atoms with van der Waals surface area (Å²) in [6.07, 6.45) is -4.29. The third kappa shape index (κ3) is 5.05. The summed E-state index contributed by atoms with van der Waals surface area (Å²) in [7, 11) is 0. The molecule has 142 valence electrons. The van der Waals surface area contributed by atoms with Gasteiger partial charge in [0.25, 0.3) is 0 Å². The zero-order chi connectivity index (χ0) is 19.6. The van der Waals surface area contributed by atoms with Gasteiger partial charge in [-0.15, -0.1) is 13.2 Å². The van der Waals surface area contributed by atoms with Gasteiger partial charge in [-0.2, -0.15) is 5.10 Å². The minimum absolute atomic E-state index is 0.217. The first kappa shape index (κ1) is 19.3. The van der Waals surface area contributed by atoms with Crippen LogP contribution in [0.1, 0.15) is 12.0 Å². The van der Waals surface area contributed by atoms with Gasteiger partial charge in [0.05, 0.1) is 17.3 Å². The summed E-state index contributed by atoms with van der Waals surface area (Å²) < 4.78 is 40.5. The van der Waals surface area contributed by atoms with E-state index in [1.165, 1.54) is 17.1 Å². The molecule has 0 atom stereocenters. The predicted octanol–water partition coefficient (Wildman–Crippen LogP) is 5.53. The van der Waals surface area contributed by atoms with Gasteiger partial charge < -0.3 is 10.1 Å². The summed E-state index contributed by atoms with van der Waals surface area (Å²) in [6, 6.07) is 10.00. The molecule has 0 aliphatic carbocycles. The van der Waals surface area contributed by atoms with Crippen molar-refractivity contribution >= 4 is 40.6 Å². The van der Waals surface area contributed by atoms with Crippen molar-refractivity contribution in [2.24, 2.45) is 5.10 Å². The molecule has 1 aliphatic heterocycles. The topological polar surface area (TPSA) is 53.9 Å². The van der Waals surface area contributed by atoms with E-state index in [4.69, 9.17) is 23.2 Å². The number of hydrazone groups is 1. The molecule has 0 spiro atoms. The first-order chi connectivity index (χ1) is 12.7. The highest BCUT2D eigenvalue weighted by Gasteiger charge is 2.32. The number of halogens is 5. The lowest BCUT2D eigenvalue weighted by atomic mass is 10.1. The number of amides is 2. The lowest BCUT2D eigenvalue weighted by molar-refractivity contribution is -0.274. The molecule has 3 rings (SSSR count). The van der Waals surface area contributed by atoms with E-state index in [1.807, 2.05) is 12.1 Å². The molecular formula is C17H12Cl2F3N3O2. The monoisotopic (exact) mass is 417 g/mol. The van der Waals surface area contributed by atoms with E-state index < -0.39 is 18.1 Å². The molecule has 5 nitrogen and oxygen atoms in total. The molecule has 0 bridgehead atoms. The van der Waals surface area contributed by atoms with Crippen LogP contribution in [-0.4, -0.2) is 29.7 Å². The van der Waals surface area contributed by atoms with E-state index in [1.54, 1.807) is 12.1 Å². The van der Waals surface area contributed by atoms with E-state index in [2.05, 4.69) is 15.2 Å². The van der Waals surface area contributed by atoms with E-state index in [0.717, 1.165) is 17.3 Å². The van der Waals surface area contributed by atoms with Crippen molar-refractivity contribution in [3.63, 3.8) is 0 Å². The van der Waals surface area contributed by atoms with Crippen LogP contribution < -0.4 is 10.1 Å². The van der Waals surface area contributed by atoms with Crippen LogP contribution in [0, 0.1) is 0 Å². The molecule has 0 saturated heterocycles. The standard InChI is InChI=1S/C17H12Cl2F3N3O2/c18-11-3-1-10(2-4-11)14-7-8-25(24-14)16(26)23-12-5-6-15(13(19)9-12)27-17(20,21)22/h1-6,9H,7-8H2,(H,23,26). The zero-order valence-electron chi connectivity index (χ0n) is 13.6. The molecule has 10 heteroatoms. The Bertz CT molecular complexity index is 886. The maximum atomic E-state index is 12.3. The molecule has 1 heterocycles. The Morgan fingerprint density at radius 3 is 2.48 bits per heavy atom. The van der Waals surface area contributed by atoms with Gasteiger partial charge >= 0.3 is 12.4 Å². The quantitative estimate of drug-likeness (QED) is 0.713. The normalized spacial score (nSPS) is 14.1. The van der Waals surface area contributed by atoms with Gasteiger partial charge in [-0.1, -0.05) is 35.3 Å². The van der Waals surface area contributed by atoms with Crippen LogP contribution in [0.15, 0.2) is 47.6 Å². The summed E-state index contributed by atoms with van der Waals surface area (Å²) in [4.78, 5) is 12.3. The van der Waals surface area contributed by atoms with Crippen molar-refractivity contribution in [1.29, 1.82) is 0 Å². The van der Waals surface area contributed by atoms with Gasteiger partial charge in [0, 0.05) is 17.1 Å². The highest BCUT2D eigenvalue weighted by atomic mass is 35.5. The molecule has 0 fully saturated rings. The maximum Gasteiger partial charge on any atom is 0.573 e. The fraction of sp³-hybridized carbons (Fsp3) is 0.176. The number of nitrogens with one attached hydrogen (secondary N) is 1. The van der Waals surface area contributed by atoms with Crippen molar-refractivity contribution in [3.8, 4) is 5.75 Å². The average molecular weight is 418 g/mol. The zero-order valence-corrected chi connectivity index (χ0v) is 15.1. The number of urea groups is 1. The Balaban J connectivity index is 1.67. The first-order valence-electron chi connectivity index (χ1n) is 7.68. The highest BCUT2D eigenvalue weighted by molar-refractivity contribution is 6.32. The number of hydrogen-bond donors (Lipinski definition) is 1. The second-order valence-corrected chi connectivity index (χ2v) is 6.39. The Morgan fingerprint density at radius 1 is 1.15 bits per heavy atom. The fourth-order valence-electron chi connectivity index (χ4n) is 2.42. The largest absolute Gasteiger partial charge is 0.573 e. The number of nitrogens with zero attached hydrogens (tertiary/aromatic N) is 2. The summed E-state index contributed by atoms with van der Waals surface area (Å²) in [6.45, 7) is 0.368. The number of alkyl halides is 3. The smallest absolute Gasteiger partial charge is 0.404 e. The molecule has 0 aromatic heterocycles. The van der Waals surface area contributed by atoms with Crippen LogP contribution in [0.2, 0.25) is 10.0 Å². The van der Waals surface area contributed by atoms with E-state index >= 15 is 0 Å². The molecular weight excluding hydrogens is 406 g/mol. The Labute approximate surface area is 162 Å². The number of benzene rings is 2. The highest BCUT2D eigenvalue weighted by Crippen LogP contribution is 2.32. The van der Waals surface area contributed by atoms with Crippen molar-refractivity contribution < 1.29 is 22.7 Å². The third-order valence-electron chi connectivity index (χ3n) is 3.62. The molecule has 0 saturated carbocycles. The summed E-state index contributed by atoms with van der Waals surface area (Å²) in [5, 5.41) is 8.35. The minimum atomic E-state index is -4.85. The molecule has 0 unspecified atom stereocenters. The number of carbonyl (C=O) groups excluding carboxylic acids is 1. The molecule has 2 aromatic rings. The lowest BCUT2D eigenvalue weighted by Gasteiger charge is -2.14. The van der Waals surface area contributed by atoms with Crippen molar-refractivity contribution in [2.75, 3.05) is 11.9 Å². The van der Waals surface area contributed by atoms with Crippen LogP contribution in [0.4, 0.5) is 23.7 Å². The summed E-state index contributed by atoms with van der Waals surface area (Å²) in [5.41, 5.74) is 1.80. The fourth-order valence-corrected chi connectivity index (χ4v) is 2.77.